The molecule has 0 amide bonds. The highest BCUT2D eigenvalue weighted by atomic mass is 14.6. The van der Waals surface area contributed by atoms with E-state index in [1.54, 1.807) is 0 Å². The molecule has 0 fully saturated rings. The van der Waals surface area contributed by atoms with Gasteiger partial charge in [-0.3, -0.25) is 4.98 Å². The molecule has 2 nitrogen and oxygen atoms in total. The van der Waals surface area contributed by atoms with Gasteiger partial charge in [0.1, 0.15) is 0 Å². The van der Waals surface area contributed by atoms with Crippen LogP contribution in [0.15, 0.2) is 60.8 Å². The van der Waals surface area contributed by atoms with Crippen LogP contribution in [0.2, 0.25) is 0 Å². The Kier molecular flexibility index (Phi) is 3.25. The van der Waals surface area contributed by atoms with Crippen LogP contribution in [0.3, 0.4) is 0 Å². The van der Waals surface area contributed by atoms with Gasteiger partial charge < -0.3 is 5.73 Å². The van der Waals surface area contributed by atoms with Crippen LogP contribution < -0.4 is 5.73 Å². The first-order valence-corrected chi connectivity index (χ1v) is 6.47. The summed E-state index contributed by atoms with van der Waals surface area (Å²) in [5, 5.41) is 1.23. The molecule has 3 rings (SSSR count). The van der Waals surface area contributed by atoms with Crippen LogP contribution in [0.25, 0.3) is 10.9 Å². The van der Waals surface area contributed by atoms with Gasteiger partial charge in [0.15, 0.2) is 0 Å². The van der Waals surface area contributed by atoms with Crippen molar-refractivity contribution in [1.82, 2.24) is 4.98 Å². The third kappa shape index (κ3) is 2.49. The molecule has 0 aliphatic rings. The van der Waals surface area contributed by atoms with Gasteiger partial charge in [0.2, 0.25) is 0 Å². The zero-order valence-corrected chi connectivity index (χ0v) is 10.7. The van der Waals surface area contributed by atoms with Crippen molar-refractivity contribution >= 4 is 10.9 Å². The molecule has 1 aromatic heterocycles. The monoisotopic (exact) mass is 248 g/mol. The maximum absolute atomic E-state index is 5.69. The lowest BCUT2D eigenvalue weighted by molar-refractivity contribution is 1.06. The molecule has 0 saturated carbocycles. The summed E-state index contributed by atoms with van der Waals surface area (Å²) in [6.45, 7) is 0.588. The van der Waals surface area contributed by atoms with Gasteiger partial charge in [-0.1, -0.05) is 42.5 Å². The van der Waals surface area contributed by atoms with Crippen molar-refractivity contribution in [2.24, 2.45) is 5.73 Å². The molecule has 0 unspecified atom stereocenters. The van der Waals surface area contributed by atoms with Crippen molar-refractivity contribution in [3.05, 3.63) is 77.5 Å². The molecule has 2 aromatic carbocycles. The summed E-state index contributed by atoms with van der Waals surface area (Å²) in [4.78, 5) is 4.40. The van der Waals surface area contributed by atoms with Crippen molar-refractivity contribution in [3.63, 3.8) is 0 Å². The minimum absolute atomic E-state index is 0.588. The first-order chi connectivity index (χ1) is 9.36. The van der Waals surface area contributed by atoms with Crippen LogP contribution in [-0.2, 0) is 13.0 Å². The molecule has 0 bridgehead atoms. The van der Waals surface area contributed by atoms with Crippen LogP contribution in [-0.4, -0.2) is 4.98 Å². The van der Waals surface area contributed by atoms with E-state index in [1.165, 1.54) is 22.1 Å². The highest BCUT2D eigenvalue weighted by Crippen LogP contribution is 2.19. The Morgan fingerprint density at radius 3 is 2.63 bits per heavy atom. The number of nitrogens with two attached hydrogens (primary N) is 1. The minimum Gasteiger partial charge on any atom is -0.326 e. The molecule has 1 heterocycles. The van der Waals surface area contributed by atoms with Crippen LogP contribution in [0.4, 0.5) is 0 Å². The lowest BCUT2D eigenvalue weighted by Crippen LogP contribution is -1.98. The first-order valence-electron chi connectivity index (χ1n) is 6.47. The average molecular weight is 248 g/mol. The van der Waals surface area contributed by atoms with Crippen LogP contribution in [0, 0.1) is 0 Å². The van der Waals surface area contributed by atoms with Crippen molar-refractivity contribution in [3.8, 4) is 0 Å². The van der Waals surface area contributed by atoms with Crippen molar-refractivity contribution in [2.45, 2.75) is 13.0 Å². The van der Waals surface area contributed by atoms with Gasteiger partial charge >= 0.3 is 0 Å². The number of fused-ring (bicyclic) bond motifs is 1. The number of pyridine rings is 1. The smallest absolute Gasteiger partial charge is 0.0704 e. The lowest BCUT2D eigenvalue weighted by Gasteiger charge is -2.07. The molecule has 0 atom stereocenters. The molecular formula is C17H16N2. The quantitative estimate of drug-likeness (QED) is 0.772. The Morgan fingerprint density at radius 2 is 1.74 bits per heavy atom. The Morgan fingerprint density at radius 1 is 0.895 bits per heavy atom. The van der Waals surface area contributed by atoms with E-state index in [4.69, 9.17) is 5.73 Å². The Hall–Kier alpha value is -2.19. The summed E-state index contributed by atoms with van der Waals surface area (Å²) >= 11 is 0. The molecule has 3 aromatic rings. The maximum Gasteiger partial charge on any atom is 0.0704 e. The summed E-state index contributed by atoms with van der Waals surface area (Å²) in [6, 6.07) is 18.8. The van der Waals surface area contributed by atoms with Crippen molar-refractivity contribution in [2.75, 3.05) is 0 Å². The maximum atomic E-state index is 5.69. The van der Waals surface area contributed by atoms with Gasteiger partial charge in [0, 0.05) is 18.1 Å². The standard InChI is InChI=1S/C17H16N2/c18-12-14-5-3-4-13(10-14)11-15-8-9-19-17-7-2-1-6-16(15)17/h1-10H,11-12,18H2. The van der Waals surface area contributed by atoms with Crippen molar-refractivity contribution in [1.29, 1.82) is 0 Å². The van der Waals surface area contributed by atoms with E-state index in [9.17, 15) is 0 Å². The van der Waals surface area contributed by atoms with Crippen LogP contribution in [0.1, 0.15) is 16.7 Å². The Bertz CT molecular complexity index is 699. The van der Waals surface area contributed by atoms with Gasteiger partial charge in [-0.25, -0.2) is 0 Å². The lowest BCUT2D eigenvalue weighted by atomic mass is 10.00. The fraction of sp³-hybridized carbons (Fsp3) is 0.118. The van der Waals surface area contributed by atoms with Gasteiger partial charge in [0.05, 0.1) is 5.52 Å². The second-order valence-corrected chi connectivity index (χ2v) is 4.69. The highest BCUT2D eigenvalue weighted by Gasteiger charge is 2.03. The van der Waals surface area contributed by atoms with Crippen LogP contribution in [0.5, 0.6) is 0 Å². The summed E-state index contributed by atoms with van der Waals surface area (Å²) < 4.78 is 0. The average Bonchev–Trinajstić information content (AvgIpc) is 2.48. The molecule has 0 spiro atoms. The number of hydrogen-bond donors (Lipinski definition) is 1. The van der Waals surface area contributed by atoms with Gasteiger partial charge in [0.25, 0.3) is 0 Å². The summed E-state index contributed by atoms with van der Waals surface area (Å²) in [6.07, 6.45) is 2.79. The van der Waals surface area contributed by atoms with E-state index in [-0.39, 0.29) is 0 Å². The predicted octanol–water partition coefficient (Wildman–Crippen LogP) is 3.28. The largest absolute Gasteiger partial charge is 0.326 e. The van der Waals surface area contributed by atoms with E-state index >= 15 is 0 Å². The van der Waals surface area contributed by atoms with E-state index in [2.05, 4.69) is 53.5 Å². The molecule has 0 radical (unpaired) electrons. The zero-order chi connectivity index (χ0) is 13.1. The Labute approximate surface area is 112 Å². The molecule has 0 aliphatic heterocycles. The minimum atomic E-state index is 0.588. The number of para-hydroxylation sites is 1. The summed E-state index contributed by atoms with van der Waals surface area (Å²) in [5.74, 6) is 0. The molecular weight excluding hydrogens is 232 g/mol. The molecule has 94 valence electrons. The third-order valence-corrected chi connectivity index (χ3v) is 3.36. The number of nitrogens with zero attached hydrogens (tertiary/aromatic N) is 1. The molecule has 2 N–H and O–H groups in total. The normalized spacial score (nSPS) is 10.8. The second kappa shape index (κ2) is 5.21. The number of benzene rings is 2. The molecule has 0 aliphatic carbocycles. The fourth-order valence-electron chi connectivity index (χ4n) is 2.40. The number of hydrogen-bond acceptors (Lipinski definition) is 2. The predicted molar refractivity (Wildman–Crippen MR) is 78.9 cm³/mol. The van der Waals surface area contributed by atoms with Crippen molar-refractivity contribution < 1.29 is 0 Å². The van der Waals surface area contributed by atoms with E-state index < -0.39 is 0 Å². The third-order valence-electron chi connectivity index (χ3n) is 3.36. The molecule has 2 heteroatoms. The second-order valence-electron chi connectivity index (χ2n) is 4.69. The fourth-order valence-corrected chi connectivity index (χ4v) is 2.40. The molecule has 19 heavy (non-hydrogen) atoms. The Balaban J connectivity index is 2.01. The van der Waals surface area contributed by atoms with E-state index in [1.807, 2.05) is 12.3 Å². The van der Waals surface area contributed by atoms with E-state index in [0.29, 0.717) is 6.54 Å². The van der Waals surface area contributed by atoms with E-state index in [0.717, 1.165) is 11.9 Å². The van der Waals surface area contributed by atoms with Gasteiger partial charge in [-0.2, -0.15) is 0 Å². The highest BCUT2D eigenvalue weighted by molar-refractivity contribution is 5.82. The van der Waals surface area contributed by atoms with Gasteiger partial charge in [-0.05, 0) is 35.2 Å². The van der Waals surface area contributed by atoms with Crippen LogP contribution >= 0.6 is 0 Å². The SMILES string of the molecule is NCc1cccc(Cc2ccnc3ccccc23)c1. The molecule has 0 saturated heterocycles. The number of rotatable bonds is 3. The number of aromatic nitrogens is 1. The zero-order valence-electron chi connectivity index (χ0n) is 10.7. The summed E-state index contributed by atoms with van der Waals surface area (Å²) in [5.41, 5.74) is 10.5. The topological polar surface area (TPSA) is 38.9 Å². The van der Waals surface area contributed by atoms with Gasteiger partial charge in [-0.15, -0.1) is 0 Å². The first kappa shape index (κ1) is 11.9. The summed E-state index contributed by atoms with van der Waals surface area (Å²) in [7, 11) is 0.